The molecule has 1 saturated carbocycles. The second kappa shape index (κ2) is 3.39. The average molecular weight is 218 g/mol. The lowest BCUT2D eigenvalue weighted by atomic mass is 9.96. The Labute approximate surface area is 96.2 Å². The van der Waals surface area contributed by atoms with Crippen LogP contribution < -0.4 is 10.5 Å². The highest BCUT2D eigenvalue weighted by Crippen LogP contribution is 2.53. The summed E-state index contributed by atoms with van der Waals surface area (Å²) >= 11 is 0. The van der Waals surface area contributed by atoms with Crippen molar-refractivity contribution in [3.8, 4) is 5.75 Å². The highest BCUT2D eigenvalue weighted by atomic mass is 16.5. The highest BCUT2D eigenvalue weighted by Gasteiger charge is 2.51. The maximum Gasteiger partial charge on any atom is 0.141 e. The molecule has 1 aliphatic heterocycles. The van der Waals surface area contributed by atoms with Crippen molar-refractivity contribution in [2.24, 2.45) is 5.41 Å². The van der Waals surface area contributed by atoms with Crippen molar-refractivity contribution in [1.29, 1.82) is 0 Å². The third-order valence-corrected chi connectivity index (χ3v) is 3.78. The van der Waals surface area contributed by atoms with Gasteiger partial charge in [0, 0.05) is 19.6 Å². The Morgan fingerprint density at radius 2 is 2.12 bits per heavy atom. The number of anilines is 1. The monoisotopic (exact) mass is 218 g/mol. The van der Waals surface area contributed by atoms with Gasteiger partial charge in [0.25, 0.3) is 0 Å². The molecule has 1 heterocycles. The van der Waals surface area contributed by atoms with Gasteiger partial charge in [-0.15, -0.1) is 0 Å². The Morgan fingerprint density at radius 3 is 2.69 bits per heavy atom. The molecule has 16 heavy (non-hydrogen) atoms. The van der Waals surface area contributed by atoms with E-state index < -0.39 is 0 Å². The molecule has 3 nitrogen and oxygen atoms in total. The van der Waals surface area contributed by atoms with Crippen LogP contribution in [-0.2, 0) is 6.54 Å². The number of hydrogen-bond acceptors (Lipinski definition) is 3. The first-order valence-electron chi connectivity index (χ1n) is 5.86. The maximum absolute atomic E-state index is 5.89. The van der Waals surface area contributed by atoms with Crippen LogP contribution in [0.2, 0.25) is 0 Å². The van der Waals surface area contributed by atoms with Gasteiger partial charge in [-0.3, -0.25) is 4.90 Å². The first-order chi connectivity index (χ1) is 7.71. The molecule has 2 fully saturated rings. The summed E-state index contributed by atoms with van der Waals surface area (Å²) in [6, 6.07) is 6.08. The van der Waals surface area contributed by atoms with Crippen molar-refractivity contribution in [1.82, 2.24) is 4.90 Å². The molecular weight excluding hydrogens is 200 g/mol. The maximum atomic E-state index is 5.89. The van der Waals surface area contributed by atoms with Crippen molar-refractivity contribution in [2.75, 3.05) is 25.9 Å². The van der Waals surface area contributed by atoms with Gasteiger partial charge in [0.05, 0.1) is 12.8 Å². The van der Waals surface area contributed by atoms with E-state index in [1.165, 1.54) is 31.5 Å². The van der Waals surface area contributed by atoms with Gasteiger partial charge >= 0.3 is 0 Å². The van der Waals surface area contributed by atoms with Crippen LogP contribution in [0.3, 0.4) is 0 Å². The van der Waals surface area contributed by atoms with E-state index in [1.807, 2.05) is 12.1 Å². The summed E-state index contributed by atoms with van der Waals surface area (Å²) < 4.78 is 5.15. The van der Waals surface area contributed by atoms with E-state index in [-0.39, 0.29) is 0 Å². The molecule has 1 saturated heterocycles. The molecular formula is C13H18N2O. The predicted octanol–water partition coefficient (Wildman–Crippen LogP) is 1.87. The number of rotatable bonds is 3. The minimum absolute atomic E-state index is 0.734. The van der Waals surface area contributed by atoms with E-state index >= 15 is 0 Å². The van der Waals surface area contributed by atoms with Crippen LogP contribution in [-0.4, -0.2) is 25.1 Å². The molecule has 1 aromatic rings. The van der Waals surface area contributed by atoms with Gasteiger partial charge in [-0.2, -0.15) is 0 Å². The minimum atomic E-state index is 0.734. The second-order valence-electron chi connectivity index (χ2n) is 5.22. The molecule has 2 aliphatic rings. The molecule has 3 rings (SSSR count). The average Bonchev–Trinajstić information content (AvgIpc) is 2.98. The fourth-order valence-electron chi connectivity index (χ4n) is 2.65. The second-order valence-corrected chi connectivity index (χ2v) is 5.22. The number of nitrogens with zero attached hydrogens (tertiary/aromatic N) is 1. The van der Waals surface area contributed by atoms with Crippen LogP contribution in [0.15, 0.2) is 18.2 Å². The van der Waals surface area contributed by atoms with Crippen LogP contribution in [0.25, 0.3) is 0 Å². The number of ether oxygens (including phenoxy) is 1. The van der Waals surface area contributed by atoms with Crippen molar-refractivity contribution < 1.29 is 4.74 Å². The normalized spacial score (nSPS) is 21.8. The van der Waals surface area contributed by atoms with Gasteiger partial charge in [0.15, 0.2) is 0 Å². The van der Waals surface area contributed by atoms with Crippen molar-refractivity contribution in [2.45, 2.75) is 19.4 Å². The third kappa shape index (κ3) is 1.65. The fraction of sp³-hybridized carbons (Fsp3) is 0.538. The summed E-state index contributed by atoms with van der Waals surface area (Å²) in [6.45, 7) is 3.58. The van der Waals surface area contributed by atoms with Crippen LogP contribution in [0, 0.1) is 5.41 Å². The standard InChI is InChI=1S/C13H18N2O/c1-16-12-3-2-10(6-11(12)14)7-15-8-13(9-15)4-5-13/h2-3,6H,4-5,7-9,14H2,1H3. The van der Waals surface area contributed by atoms with Gasteiger partial charge in [-0.1, -0.05) is 6.07 Å². The summed E-state index contributed by atoms with van der Waals surface area (Å²) in [5.74, 6) is 0.769. The number of hydrogen-bond donors (Lipinski definition) is 1. The van der Waals surface area contributed by atoms with E-state index in [2.05, 4.69) is 11.0 Å². The third-order valence-electron chi connectivity index (χ3n) is 3.78. The molecule has 86 valence electrons. The van der Waals surface area contributed by atoms with E-state index in [9.17, 15) is 0 Å². The molecule has 1 aliphatic carbocycles. The summed E-state index contributed by atoms with van der Waals surface area (Å²) in [6.07, 6.45) is 2.88. The lowest BCUT2D eigenvalue weighted by Gasteiger charge is -2.40. The Balaban J connectivity index is 1.64. The predicted molar refractivity (Wildman–Crippen MR) is 64.4 cm³/mol. The quantitative estimate of drug-likeness (QED) is 0.787. The Kier molecular flexibility index (Phi) is 2.11. The zero-order chi connectivity index (χ0) is 11.2. The Hall–Kier alpha value is -1.22. The number of methoxy groups -OCH3 is 1. The molecule has 0 atom stereocenters. The fourth-order valence-corrected chi connectivity index (χ4v) is 2.65. The molecule has 0 radical (unpaired) electrons. The van der Waals surface area contributed by atoms with Gasteiger partial charge in [0.2, 0.25) is 0 Å². The Morgan fingerprint density at radius 1 is 1.38 bits per heavy atom. The highest BCUT2D eigenvalue weighted by molar-refractivity contribution is 5.54. The van der Waals surface area contributed by atoms with Crippen LogP contribution in [0.1, 0.15) is 18.4 Å². The largest absolute Gasteiger partial charge is 0.495 e. The SMILES string of the molecule is COc1ccc(CN2CC3(CC3)C2)cc1N. The van der Waals surface area contributed by atoms with Crippen LogP contribution in [0.4, 0.5) is 5.69 Å². The number of benzene rings is 1. The molecule has 0 unspecified atom stereocenters. The number of likely N-dealkylation sites (tertiary alicyclic amines) is 1. The lowest BCUT2D eigenvalue weighted by Crippen LogP contribution is -2.47. The zero-order valence-corrected chi connectivity index (χ0v) is 9.70. The first-order valence-corrected chi connectivity index (χ1v) is 5.86. The van der Waals surface area contributed by atoms with Gasteiger partial charge < -0.3 is 10.5 Å². The Bertz CT molecular complexity index is 404. The first kappa shape index (κ1) is 9.97. The van der Waals surface area contributed by atoms with Crippen molar-refractivity contribution >= 4 is 5.69 Å². The minimum Gasteiger partial charge on any atom is -0.495 e. The van der Waals surface area contributed by atoms with Crippen molar-refractivity contribution in [3.63, 3.8) is 0 Å². The van der Waals surface area contributed by atoms with Crippen LogP contribution in [0.5, 0.6) is 5.75 Å². The zero-order valence-electron chi connectivity index (χ0n) is 9.70. The molecule has 0 aromatic heterocycles. The molecule has 0 amide bonds. The topological polar surface area (TPSA) is 38.5 Å². The van der Waals surface area contributed by atoms with E-state index in [0.29, 0.717) is 0 Å². The smallest absolute Gasteiger partial charge is 0.141 e. The molecule has 3 heteroatoms. The lowest BCUT2D eigenvalue weighted by molar-refractivity contribution is 0.0739. The van der Waals surface area contributed by atoms with E-state index in [0.717, 1.165) is 23.4 Å². The summed E-state index contributed by atoms with van der Waals surface area (Å²) in [7, 11) is 1.65. The summed E-state index contributed by atoms with van der Waals surface area (Å²) in [4.78, 5) is 2.49. The molecule has 0 bridgehead atoms. The molecule has 1 spiro atoms. The van der Waals surface area contributed by atoms with Crippen molar-refractivity contribution in [3.05, 3.63) is 23.8 Å². The van der Waals surface area contributed by atoms with Gasteiger partial charge in [-0.05, 0) is 36.0 Å². The summed E-state index contributed by atoms with van der Waals surface area (Å²) in [5.41, 5.74) is 8.65. The summed E-state index contributed by atoms with van der Waals surface area (Å²) in [5, 5.41) is 0. The van der Waals surface area contributed by atoms with E-state index in [4.69, 9.17) is 10.5 Å². The molecule has 1 aromatic carbocycles. The molecule has 2 N–H and O–H groups in total. The van der Waals surface area contributed by atoms with E-state index in [1.54, 1.807) is 7.11 Å². The van der Waals surface area contributed by atoms with Gasteiger partial charge in [0.1, 0.15) is 5.75 Å². The van der Waals surface area contributed by atoms with Gasteiger partial charge in [-0.25, -0.2) is 0 Å². The number of nitrogens with two attached hydrogens (primary N) is 1. The van der Waals surface area contributed by atoms with Crippen LogP contribution >= 0.6 is 0 Å². The number of nitrogen functional groups attached to an aromatic ring is 1.